The monoisotopic (exact) mass is 498 g/mol. The molecule has 0 spiro atoms. The summed E-state index contributed by atoms with van der Waals surface area (Å²) >= 11 is 5.82. The number of aromatic nitrogens is 1. The zero-order valence-corrected chi connectivity index (χ0v) is 19.6. The molecule has 1 atom stereocenters. The number of benzene rings is 1. The molecule has 2 amide bonds. The van der Waals surface area contributed by atoms with Crippen LogP contribution in [0.3, 0.4) is 0 Å². The molecule has 1 aromatic carbocycles. The number of hydrogen-bond acceptors (Lipinski definition) is 5. The number of nitrogens with zero attached hydrogens (tertiary/aromatic N) is 3. The molecule has 1 fully saturated rings. The minimum atomic E-state index is -4.52. The first-order chi connectivity index (χ1) is 16.1. The van der Waals surface area contributed by atoms with Crippen molar-refractivity contribution in [1.29, 1.82) is 0 Å². The number of rotatable bonds is 7. The normalized spacial score (nSPS) is 15.3. The van der Waals surface area contributed by atoms with Crippen LogP contribution in [0.25, 0.3) is 0 Å². The Balaban J connectivity index is 1.57. The highest BCUT2D eigenvalue weighted by Gasteiger charge is 2.37. The van der Waals surface area contributed by atoms with Gasteiger partial charge in [-0.25, -0.2) is 4.98 Å². The summed E-state index contributed by atoms with van der Waals surface area (Å²) in [7, 11) is 0. The van der Waals surface area contributed by atoms with Crippen molar-refractivity contribution in [1.82, 2.24) is 15.2 Å². The number of nitrogens with one attached hydrogen (secondary N) is 1. The Morgan fingerprint density at radius 1 is 1.12 bits per heavy atom. The number of amides is 2. The van der Waals surface area contributed by atoms with Crippen LogP contribution in [-0.2, 0) is 15.8 Å². The lowest BCUT2D eigenvalue weighted by atomic mass is 10.0. The lowest BCUT2D eigenvalue weighted by molar-refractivity contribution is -0.139. The van der Waals surface area contributed by atoms with Gasteiger partial charge >= 0.3 is 6.18 Å². The second-order valence-corrected chi connectivity index (χ2v) is 8.65. The number of piperazine rings is 1. The van der Waals surface area contributed by atoms with E-state index in [1.165, 1.54) is 17.2 Å². The number of hydrogen-bond donors (Lipinski definition) is 1. The van der Waals surface area contributed by atoms with E-state index in [0.717, 1.165) is 6.07 Å². The second kappa shape index (κ2) is 10.9. The fraction of sp³-hybridized carbons (Fsp3) is 0.435. The first-order valence-electron chi connectivity index (χ1n) is 10.8. The highest BCUT2D eigenvalue weighted by Crippen LogP contribution is 2.35. The second-order valence-electron chi connectivity index (χ2n) is 8.22. The van der Waals surface area contributed by atoms with Crippen LogP contribution >= 0.6 is 11.6 Å². The third-order valence-corrected chi connectivity index (χ3v) is 5.67. The highest BCUT2D eigenvalue weighted by atomic mass is 35.5. The van der Waals surface area contributed by atoms with Crippen molar-refractivity contribution in [2.75, 3.05) is 37.7 Å². The SMILES string of the molecule is CC(C)C(NC(=O)COc1ccc(Cl)cc1)C(=O)N1CCN(c2ncccc2C(F)(F)F)CC1. The van der Waals surface area contributed by atoms with E-state index >= 15 is 0 Å². The van der Waals surface area contributed by atoms with Crippen molar-refractivity contribution in [3.8, 4) is 5.75 Å². The Bertz CT molecular complexity index is 994. The molecule has 0 saturated carbocycles. The number of carbonyl (C=O) groups excluding carboxylic acids is 2. The summed E-state index contributed by atoms with van der Waals surface area (Å²) in [6.45, 7) is 4.17. The smallest absolute Gasteiger partial charge is 0.419 e. The molecule has 1 aliphatic heterocycles. The molecule has 0 radical (unpaired) electrons. The molecule has 3 rings (SSSR count). The van der Waals surface area contributed by atoms with Crippen molar-refractivity contribution in [2.45, 2.75) is 26.1 Å². The summed E-state index contributed by atoms with van der Waals surface area (Å²) < 4.78 is 45.4. The van der Waals surface area contributed by atoms with E-state index in [9.17, 15) is 22.8 Å². The minimum absolute atomic E-state index is 0.143. The number of ether oxygens (including phenoxy) is 1. The van der Waals surface area contributed by atoms with Gasteiger partial charge in [0.1, 0.15) is 17.6 Å². The van der Waals surface area contributed by atoms with Gasteiger partial charge in [0, 0.05) is 37.4 Å². The minimum Gasteiger partial charge on any atom is -0.484 e. The lowest BCUT2D eigenvalue weighted by Crippen LogP contribution is -2.57. The molecular formula is C23H26ClF3N4O3. The summed E-state index contributed by atoms with van der Waals surface area (Å²) in [5.41, 5.74) is -0.803. The Hall–Kier alpha value is -3.01. The summed E-state index contributed by atoms with van der Waals surface area (Å²) in [4.78, 5) is 32.5. The van der Waals surface area contributed by atoms with Gasteiger partial charge in [-0.15, -0.1) is 0 Å². The van der Waals surface area contributed by atoms with Crippen LogP contribution in [-0.4, -0.2) is 60.5 Å². The molecule has 184 valence electrons. The predicted octanol–water partition coefficient (Wildman–Crippen LogP) is 3.62. The van der Waals surface area contributed by atoms with Crippen LogP contribution in [0.1, 0.15) is 19.4 Å². The molecular weight excluding hydrogens is 473 g/mol. The molecule has 34 heavy (non-hydrogen) atoms. The molecule has 1 aliphatic rings. The van der Waals surface area contributed by atoms with E-state index in [-0.39, 0.29) is 50.4 Å². The number of anilines is 1. The molecule has 1 aromatic heterocycles. The highest BCUT2D eigenvalue weighted by molar-refractivity contribution is 6.30. The third kappa shape index (κ3) is 6.53. The molecule has 0 aliphatic carbocycles. The first-order valence-corrected chi connectivity index (χ1v) is 11.2. The van der Waals surface area contributed by atoms with Gasteiger partial charge in [-0.2, -0.15) is 13.2 Å². The first kappa shape index (κ1) is 25.6. The quantitative estimate of drug-likeness (QED) is 0.631. The average molecular weight is 499 g/mol. The molecule has 2 aromatic rings. The topological polar surface area (TPSA) is 74.8 Å². The van der Waals surface area contributed by atoms with E-state index in [1.807, 2.05) is 13.8 Å². The van der Waals surface area contributed by atoms with Crippen LogP contribution in [0.5, 0.6) is 5.75 Å². The van der Waals surface area contributed by atoms with E-state index in [1.54, 1.807) is 29.2 Å². The average Bonchev–Trinajstić information content (AvgIpc) is 2.81. The molecule has 1 saturated heterocycles. The molecule has 1 N–H and O–H groups in total. The maximum Gasteiger partial charge on any atom is 0.419 e. The van der Waals surface area contributed by atoms with Crippen LogP contribution in [0.2, 0.25) is 5.02 Å². The van der Waals surface area contributed by atoms with E-state index < -0.39 is 23.7 Å². The van der Waals surface area contributed by atoms with Gasteiger partial charge in [-0.3, -0.25) is 9.59 Å². The lowest BCUT2D eigenvalue weighted by Gasteiger charge is -2.38. The Kier molecular flexibility index (Phi) is 8.24. The summed E-state index contributed by atoms with van der Waals surface area (Å²) in [6.07, 6.45) is -3.20. The maximum atomic E-state index is 13.3. The van der Waals surface area contributed by atoms with Gasteiger partial charge in [0.05, 0.1) is 5.56 Å². The van der Waals surface area contributed by atoms with Crippen molar-refractivity contribution in [3.63, 3.8) is 0 Å². The van der Waals surface area contributed by atoms with Crippen molar-refractivity contribution < 1.29 is 27.5 Å². The van der Waals surface area contributed by atoms with Crippen LogP contribution in [0.15, 0.2) is 42.6 Å². The Morgan fingerprint density at radius 3 is 2.35 bits per heavy atom. The molecule has 7 nitrogen and oxygen atoms in total. The van der Waals surface area contributed by atoms with Gasteiger partial charge in [0.25, 0.3) is 5.91 Å². The van der Waals surface area contributed by atoms with Crippen LogP contribution in [0, 0.1) is 5.92 Å². The van der Waals surface area contributed by atoms with Gasteiger partial charge in [0.2, 0.25) is 5.91 Å². The van der Waals surface area contributed by atoms with Crippen molar-refractivity contribution in [2.24, 2.45) is 5.92 Å². The number of halogens is 4. The fourth-order valence-electron chi connectivity index (χ4n) is 3.61. The zero-order valence-electron chi connectivity index (χ0n) is 18.8. The molecule has 0 bridgehead atoms. The number of pyridine rings is 1. The summed E-state index contributed by atoms with van der Waals surface area (Å²) in [5, 5.41) is 3.25. The summed E-state index contributed by atoms with van der Waals surface area (Å²) in [6, 6.07) is 8.00. The zero-order chi connectivity index (χ0) is 24.9. The maximum absolute atomic E-state index is 13.3. The van der Waals surface area contributed by atoms with Gasteiger partial charge in [0.15, 0.2) is 6.61 Å². The Morgan fingerprint density at radius 2 is 1.76 bits per heavy atom. The van der Waals surface area contributed by atoms with Crippen molar-refractivity contribution >= 4 is 29.2 Å². The standard InChI is InChI=1S/C23H26ClF3N4O3/c1-15(2)20(29-19(32)14-34-17-7-5-16(24)6-8-17)22(33)31-12-10-30(11-13-31)21-18(23(25,26)27)4-3-9-28-21/h3-9,15,20H,10-14H2,1-2H3,(H,29,32). The number of carbonyl (C=O) groups is 2. The van der Waals surface area contributed by atoms with Crippen molar-refractivity contribution in [3.05, 3.63) is 53.2 Å². The van der Waals surface area contributed by atoms with E-state index in [2.05, 4.69) is 10.3 Å². The van der Waals surface area contributed by atoms with E-state index in [0.29, 0.717) is 10.8 Å². The summed E-state index contributed by atoms with van der Waals surface area (Å²) in [5.74, 6) is -0.612. The molecule has 11 heteroatoms. The fourth-order valence-corrected chi connectivity index (χ4v) is 3.74. The van der Waals surface area contributed by atoms with Gasteiger partial charge in [-0.05, 0) is 42.3 Å². The largest absolute Gasteiger partial charge is 0.484 e. The van der Waals surface area contributed by atoms with Crippen LogP contribution < -0.4 is 15.0 Å². The van der Waals surface area contributed by atoms with E-state index in [4.69, 9.17) is 16.3 Å². The third-order valence-electron chi connectivity index (χ3n) is 5.42. The van der Waals surface area contributed by atoms with Gasteiger partial charge < -0.3 is 19.9 Å². The Labute approximate surface area is 200 Å². The number of alkyl halides is 3. The van der Waals surface area contributed by atoms with Gasteiger partial charge in [-0.1, -0.05) is 25.4 Å². The molecule has 2 heterocycles. The predicted molar refractivity (Wildman–Crippen MR) is 122 cm³/mol. The molecule has 1 unspecified atom stereocenters. The van der Waals surface area contributed by atoms with Crippen LogP contribution in [0.4, 0.5) is 19.0 Å².